The minimum Gasteiger partial charge on any atom is -0.383 e. The summed E-state index contributed by atoms with van der Waals surface area (Å²) in [6.45, 7) is 9.50. The summed E-state index contributed by atoms with van der Waals surface area (Å²) in [5.74, 6) is 0.865. The first kappa shape index (κ1) is 22.8. The second kappa shape index (κ2) is 12.2. The Morgan fingerprint density at radius 1 is 1.14 bits per heavy atom. The monoisotopic (exact) mass is 379 g/mol. The lowest BCUT2D eigenvalue weighted by molar-refractivity contribution is -0.115. The third-order valence-electron chi connectivity index (χ3n) is 3.37. The van der Waals surface area contributed by atoms with Gasteiger partial charge in [-0.3, -0.25) is 4.79 Å². The minimum absolute atomic E-state index is 0.108. The number of fused-ring (bicyclic) bond motifs is 1. The largest absolute Gasteiger partial charge is 0.383 e. The van der Waals surface area contributed by atoms with E-state index in [4.69, 9.17) is 5.73 Å². The number of carbonyl (C=O) groups is 1. The molecule has 0 bridgehead atoms. The summed E-state index contributed by atoms with van der Waals surface area (Å²) in [6, 6.07) is 15.0. The molecule has 3 aromatic rings. The van der Waals surface area contributed by atoms with Crippen molar-refractivity contribution in [3.8, 4) is 11.4 Å². The van der Waals surface area contributed by atoms with Crippen LogP contribution in [-0.2, 0) is 4.79 Å². The molecule has 6 heteroatoms. The van der Waals surface area contributed by atoms with Crippen LogP contribution in [0.25, 0.3) is 22.3 Å². The van der Waals surface area contributed by atoms with E-state index in [2.05, 4.69) is 27.2 Å². The topological polar surface area (TPSA) is 92.9 Å². The van der Waals surface area contributed by atoms with Gasteiger partial charge in [-0.05, 0) is 38.2 Å². The van der Waals surface area contributed by atoms with Gasteiger partial charge in [-0.1, -0.05) is 44.2 Å². The maximum Gasteiger partial charge on any atom is 0.238 e. The Hall–Kier alpha value is -3.25. The zero-order chi connectivity index (χ0) is 20.9. The van der Waals surface area contributed by atoms with Crippen LogP contribution in [0.4, 0.5) is 11.5 Å². The van der Waals surface area contributed by atoms with Gasteiger partial charge in [0.05, 0.1) is 12.1 Å². The SMILES string of the molecule is C=CC.CC.CNCC(=O)Nc1cccc(-c2nc(N)c3ccccc3n2)c1. The van der Waals surface area contributed by atoms with E-state index >= 15 is 0 Å². The van der Waals surface area contributed by atoms with Gasteiger partial charge in [0.1, 0.15) is 5.82 Å². The van der Waals surface area contributed by atoms with E-state index in [0.29, 0.717) is 17.3 Å². The molecule has 0 aliphatic rings. The van der Waals surface area contributed by atoms with Crippen LogP contribution in [0.5, 0.6) is 0 Å². The smallest absolute Gasteiger partial charge is 0.238 e. The molecule has 148 valence electrons. The van der Waals surface area contributed by atoms with E-state index in [1.807, 2.05) is 69.3 Å². The number of allylic oxidation sites excluding steroid dienone is 1. The van der Waals surface area contributed by atoms with Crippen molar-refractivity contribution in [3.05, 3.63) is 61.2 Å². The fourth-order valence-corrected chi connectivity index (χ4v) is 2.33. The Morgan fingerprint density at radius 3 is 2.50 bits per heavy atom. The Bertz CT molecular complexity index is 908. The molecule has 1 amide bonds. The molecule has 1 heterocycles. The van der Waals surface area contributed by atoms with E-state index in [-0.39, 0.29) is 12.5 Å². The maximum absolute atomic E-state index is 11.7. The molecule has 0 spiro atoms. The molecule has 0 saturated heterocycles. The minimum atomic E-state index is -0.108. The number of hydrogen-bond donors (Lipinski definition) is 3. The Morgan fingerprint density at radius 2 is 1.82 bits per heavy atom. The van der Waals surface area contributed by atoms with Crippen LogP contribution in [0.1, 0.15) is 20.8 Å². The molecule has 3 rings (SSSR count). The van der Waals surface area contributed by atoms with Gasteiger partial charge in [-0.25, -0.2) is 9.97 Å². The molecule has 1 aromatic heterocycles. The van der Waals surface area contributed by atoms with Crippen LogP contribution >= 0.6 is 0 Å². The van der Waals surface area contributed by atoms with Gasteiger partial charge in [0, 0.05) is 16.6 Å². The second-order valence-electron chi connectivity index (χ2n) is 5.52. The lowest BCUT2D eigenvalue weighted by Crippen LogP contribution is -2.25. The summed E-state index contributed by atoms with van der Waals surface area (Å²) >= 11 is 0. The molecule has 2 aromatic carbocycles. The first-order valence-corrected chi connectivity index (χ1v) is 9.23. The first-order valence-electron chi connectivity index (χ1n) is 9.23. The zero-order valence-electron chi connectivity index (χ0n) is 17.0. The predicted octanol–water partition coefficient (Wildman–Crippen LogP) is 4.26. The average Bonchev–Trinajstić information content (AvgIpc) is 2.70. The van der Waals surface area contributed by atoms with E-state index in [9.17, 15) is 4.79 Å². The molecular weight excluding hydrogens is 350 g/mol. The van der Waals surface area contributed by atoms with Gasteiger partial charge in [0.25, 0.3) is 0 Å². The number of nitrogens with one attached hydrogen (secondary N) is 2. The van der Waals surface area contributed by atoms with Gasteiger partial charge in [0.15, 0.2) is 5.82 Å². The number of amides is 1. The van der Waals surface area contributed by atoms with E-state index in [1.165, 1.54) is 0 Å². The molecule has 0 aliphatic carbocycles. The molecule has 0 atom stereocenters. The van der Waals surface area contributed by atoms with Gasteiger partial charge >= 0.3 is 0 Å². The number of carbonyl (C=O) groups excluding carboxylic acids is 1. The van der Waals surface area contributed by atoms with Crippen molar-refractivity contribution in [2.75, 3.05) is 24.6 Å². The summed E-state index contributed by atoms with van der Waals surface area (Å²) in [4.78, 5) is 20.6. The van der Waals surface area contributed by atoms with Crippen molar-refractivity contribution in [3.63, 3.8) is 0 Å². The van der Waals surface area contributed by atoms with Crippen LogP contribution in [0.3, 0.4) is 0 Å². The lowest BCUT2D eigenvalue weighted by Gasteiger charge is -2.08. The highest BCUT2D eigenvalue weighted by Crippen LogP contribution is 2.24. The average molecular weight is 380 g/mol. The van der Waals surface area contributed by atoms with Crippen LogP contribution < -0.4 is 16.4 Å². The summed E-state index contributed by atoms with van der Waals surface area (Å²) in [5.41, 5.74) is 8.30. The van der Waals surface area contributed by atoms with Crippen molar-refractivity contribution in [1.29, 1.82) is 0 Å². The number of likely N-dealkylation sites (N-methyl/N-ethyl adjacent to an activating group) is 1. The number of aromatic nitrogens is 2. The molecule has 4 N–H and O–H groups in total. The second-order valence-corrected chi connectivity index (χ2v) is 5.52. The highest BCUT2D eigenvalue weighted by molar-refractivity contribution is 5.93. The normalized spacial score (nSPS) is 9.43. The molecule has 0 aliphatic heterocycles. The summed E-state index contributed by atoms with van der Waals surface area (Å²) < 4.78 is 0. The number of hydrogen-bond acceptors (Lipinski definition) is 5. The summed E-state index contributed by atoms with van der Waals surface area (Å²) in [5, 5.41) is 6.45. The molecule has 0 unspecified atom stereocenters. The molecule has 0 radical (unpaired) electrons. The number of benzene rings is 2. The quantitative estimate of drug-likeness (QED) is 0.589. The van der Waals surface area contributed by atoms with E-state index in [0.717, 1.165) is 16.5 Å². The molecule has 28 heavy (non-hydrogen) atoms. The van der Waals surface area contributed by atoms with Gasteiger partial charge in [-0.2, -0.15) is 0 Å². The fourth-order valence-electron chi connectivity index (χ4n) is 2.33. The van der Waals surface area contributed by atoms with Crippen molar-refractivity contribution >= 4 is 28.3 Å². The van der Waals surface area contributed by atoms with Gasteiger partial charge in [-0.15, -0.1) is 6.58 Å². The number of nitrogens with two attached hydrogens (primary N) is 1. The number of nitrogens with zero attached hydrogens (tertiary/aromatic N) is 2. The van der Waals surface area contributed by atoms with Crippen molar-refractivity contribution in [1.82, 2.24) is 15.3 Å². The van der Waals surface area contributed by atoms with Crippen LogP contribution in [0.15, 0.2) is 61.2 Å². The lowest BCUT2D eigenvalue weighted by atomic mass is 10.1. The number of nitrogen functional groups attached to an aromatic ring is 1. The standard InChI is InChI=1S/C17H17N5O.C3H6.C2H6/c1-19-10-15(23)20-12-6-4-5-11(9-12)17-21-14-8-3-2-7-13(14)16(18)22-17;1-3-2;1-2/h2-9,19H,10H2,1H3,(H,20,23)(H2,18,21,22);3H,1H2,2H3;1-2H3. The van der Waals surface area contributed by atoms with Crippen molar-refractivity contribution in [2.24, 2.45) is 0 Å². The molecule has 0 saturated carbocycles. The fraction of sp³-hybridized carbons (Fsp3) is 0.227. The Balaban J connectivity index is 0.000000717. The van der Waals surface area contributed by atoms with Crippen LogP contribution in [-0.4, -0.2) is 29.5 Å². The number of rotatable bonds is 4. The van der Waals surface area contributed by atoms with Crippen molar-refractivity contribution < 1.29 is 4.79 Å². The van der Waals surface area contributed by atoms with Crippen molar-refractivity contribution in [2.45, 2.75) is 20.8 Å². The zero-order valence-corrected chi connectivity index (χ0v) is 17.0. The van der Waals surface area contributed by atoms with E-state index < -0.39 is 0 Å². The van der Waals surface area contributed by atoms with Gasteiger partial charge < -0.3 is 16.4 Å². The first-order chi connectivity index (χ1) is 13.6. The predicted molar refractivity (Wildman–Crippen MR) is 119 cm³/mol. The molecule has 0 fully saturated rings. The third-order valence-corrected chi connectivity index (χ3v) is 3.37. The van der Waals surface area contributed by atoms with Gasteiger partial charge in [0.2, 0.25) is 5.91 Å². The maximum atomic E-state index is 11.7. The highest BCUT2D eigenvalue weighted by Gasteiger charge is 2.08. The molecular formula is C22H29N5O. The Kier molecular flexibility index (Phi) is 9.93. The number of anilines is 2. The van der Waals surface area contributed by atoms with E-state index in [1.54, 1.807) is 13.1 Å². The third kappa shape index (κ3) is 6.48. The molecule has 6 nitrogen and oxygen atoms in total. The van der Waals surface area contributed by atoms with Crippen LogP contribution in [0, 0.1) is 0 Å². The summed E-state index contributed by atoms with van der Waals surface area (Å²) in [6.07, 6.45) is 1.75. The van der Waals surface area contributed by atoms with Crippen LogP contribution in [0.2, 0.25) is 0 Å². The highest BCUT2D eigenvalue weighted by atomic mass is 16.1. The Labute approximate surface area is 166 Å². The number of para-hydroxylation sites is 1. The summed E-state index contributed by atoms with van der Waals surface area (Å²) in [7, 11) is 1.72.